The lowest BCUT2D eigenvalue weighted by Gasteiger charge is -2.11. The molecule has 0 spiro atoms. The molecule has 0 aliphatic carbocycles. The highest BCUT2D eigenvalue weighted by Gasteiger charge is 2.23. The molecule has 0 aliphatic heterocycles. The average molecular weight is 711 g/mol. The Hall–Kier alpha value is -5.54. The van der Waals surface area contributed by atoms with Crippen LogP contribution in [-0.2, 0) is 33.1 Å². The number of azo groups is 2. The molecule has 6 aromatic carbocycles. The Morgan fingerprint density at radius 2 is 0.900 bits per heavy atom. The Morgan fingerprint density at radius 1 is 0.520 bits per heavy atom. The van der Waals surface area contributed by atoms with Crippen molar-refractivity contribution in [1.82, 2.24) is 0 Å². The molecule has 12 nitrogen and oxygen atoms in total. The van der Waals surface area contributed by atoms with E-state index in [1.165, 1.54) is 12.1 Å². The van der Waals surface area contributed by atoms with E-state index < -0.39 is 41.5 Å². The van der Waals surface area contributed by atoms with Gasteiger partial charge in [-0.15, -0.1) is 10.2 Å². The Kier molecular flexibility index (Phi) is 9.20. The van der Waals surface area contributed by atoms with Crippen LogP contribution in [0.4, 0.5) is 22.7 Å². The van der Waals surface area contributed by atoms with Crippen molar-refractivity contribution in [2.24, 2.45) is 20.5 Å². The van der Waals surface area contributed by atoms with E-state index in [0.29, 0.717) is 45.8 Å². The SMILES string of the molecule is CCc1cc(-c2ccc(/N=N/c3c(S(=O)(=O)O)cc4ccccc4c3O)c(CC)c2)ccc1/N=N/c1c(S(=O)(=O)O)cc2ccccc2c1O. The number of aromatic hydroxyl groups is 2. The van der Waals surface area contributed by atoms with Crippen LogP contribution in [-0.4, -0.2) is 36.2 Å². The van der Waals surface area contributed by atoms with Crippen molar-refractivity contribution in [3.05, 3.63) is 108 Å². The maximum atomic E-state index is 12.2. The average Bonchev–Trinajstić information content (AvgIpc) is 3.09. The second-order valence-electron chi connectivity index (χ2n) is 11.3. The van der Waals surface area contributed by atoms with Gasteiger partial charge in [0.05, 0.1) is 11.4 Å². The summed E-state index contributed by atoms with van der Waals surface area (Å²) in [6.07, 6.45) is 1.07. The third-order valence-corrected chi connectivity index (χ3v) is 9.98. The van der Waals surface area contributed by atoms with Crippen LogP contribution < -0.4 is 0 Å². The summed E-state index contributed by atoms with van der Waals surface area (Å²) in [6.45, 7) is 3.83. The molecule has 254 valence electrons. The highest BCUT2D eigenvalue weighted by Crippen LogP contribution is 2.43. The Morgan fingerprint density at radius 3 is 1.26 bits per heavy atom. The van der Waals surface area contributed by atoms with Gasteiger partial charge in [0.25, 0.3) is 20.2 Å². The molecule has 0 atom stereocenters. The fraction of sp³-hybridized carbons (Fsp3) is 0.111. The lowest BCUT2D eigenvalue weighted by Crippen LogP contribution is -1.99. The molecule has 50 heavy (non-hydrogen) atoms. The van der Waals surface area contributed by atoms with E-state index in [4.69, 9.17) is 0 Å². The van der Waals surface area contributed by atoms with Crippen molar-refractivity contribution in [2.45, 2.75) is 36.5 Å². The first kappa shape index (κ1) is 34.3. The van der Waals surface area contributed by atoms with Crippen molar-refractivity contribution in [3.8, 4) is 22.6 Å². The highest BCUT2D eigenvalue weighted by atomic mass is 32.2. The molecule has 14 heteroatoms. The van der Waals surface area contributed by atoms with Crippen molar-refractivity contribution < 1.29 is 36.2 Å². The van der Waals surface area contributed by atoms with Crippen molar-refractivity contribution >= 4 is 64.5 Å². The van der Waals surface area contributed by atoms with Crippen LogP contribution in [0.3, 0.4) is 0 Å². The Balaban J connectivity index is 1.35. The van der Waals surface area contributed by atoms with E-state index in [-0.39, 0.29) is 11.4 Å². The van der Waals surface area contributed by atoms with Crippen LogP contribution >= 0.6 is 0 Å². The molecule has 0 aliphatic rings. The van der Waals surface area contributed by atoms with E-state index >= 15 is 0 Å². The molecule has 0 amide bonds. The Labute approximate surface area is 287 Å². The van der Waals surface area contributed by atoms with Gasteiger partial charge in [0, 0.05) is 10.8 Å². The molecular weight excluding hydrogens is 681 g/mol. The molecule has 4 N–H and O–H groups in total. The molecule has 0 saturated carbocycles. The summed E-state index contributed by atoms with van der Waals surface area (Å²) < 4.78 is 68.4. The fourth-order valence-corrected chi connectivity index (χ4v) is 6.99. The van der Waals surface area contributed by atoms with E-state index in [1.807, 2.05) is 26.0 Å². The van der Waals surface area contributed by atoms with Crippen molar-refractivity contribution in [2.75, 3.05) is 0 Å². The van der Waals surface area contributed by atoms with E-state index in [0.717, 1.165) is 22.3 Å². The number of aryl methyl sites for hydroxylation is 2. The number of phenols is 2. The number of benzene rings is 6. The molecule has 0 bridgehead atoms. The minimum atomic E-state index is -4.74. The van der Waals surface area contributed by atoms with Crippen molar-refractivity contribution in [1.29, 1.82) is 0 Å². The largest absolute Gasteiger partial charge is 0.505 e. The quantitative estimate of drug-likeness (QED) is 0.0839. The summed E-state index contributed by atoms with van der Waals surface area (Å²) in [5, 5.41) is 39.9. The van der Waals surface area contributed by atoms with Crippen LogP contribution in [0.25, 0.3) is 32.7 Å². The van der Waals surface area contributed by atoms with Crippen LogP contribution in [0.2, 0.25) is 0 Å². The summed E-state index contributed by atoms with van der Waals surface area (Å²) in [5.41, 5.74) is 3.29. The third kappa shape index (κ3) is 6.69. The second-order valence-corrected chi connectivity index (χ2v) is 14.1. The Bertz CT molecular complexity index is 2420. The highest BCUT2D eigenvalue weighted by molar-refractivity contribution is 7.86. The van der Waals surface area contributed by atoms with E-state index in [2.05, 4.69) is 20.5 Å². The molecule has 0 fully saturated rings. The van der Waals surface area contributed by atoms with Gasteiger partial charge in [-0.25, -0.2) is 0 Å². The lowest BCUT2D eigenvalue weighted by atomic mass is 9.98. The zero-order valence-corrected chi connectivity index (χ0v) is 28.3. The summed E-state index contributed by atoms with van der Waals surface area (Å²) in [4.78, 5) is -1.14. The van der Waals surface area contributed by atoms with Gasteiger partial charge >= 0.3 is 0 Å². The first-order valence-corrected chi connectivity index (χ1v) is 18.2. The van der Waals surface area contributed by atoms with Gasteiger partial charge < -0.3 is 10.2 Å². The number of rotatable bonds is 9. The number of hydrogen-bond acceptors (Lipinski definition) is 10. The fourth-order valence-electron chi connectivity index (χ4n) is 5.67. The molecule has 0 aromatic heterocycles. The maximum Gasteiger partial charge on any atom is 0.296 e. The smallest absolute Gasteiger partial charge is 0.296 e. The summed E-state index contributed by atoms with van der Waals surface area (Å²) >= 11 is 0. The van der Waals surface area contributed by atoms with Crippen molar-refractivity contribution in [3.63, 3.8) is 0 Å². The molecule has 0 saturated heterocycles. The summed E-state index contributed by atoms with van der Waals surface area (Å²) in [6, 6.07) is 26.4. The van der Waals surface area contributed by atoms with Gasteiger partial charge in [-0.05, 0) is 82.3 Å². The molecule has 6 rings (SSSR count). The van der Waals surface area contributed by atoms with Gasteiger partial charge in [0.15, 0.2) is 11.5 Å². The third-order valence-electron chi connectivity index (χ3n) is 8.25. The predicted molar refractivity (Wildman–Crippen MR) is 190 cm³/mol. The minimum absolute atomic E-state index is 0.350. The first-order valence-electron chi connectivity index (χ1n) is 15.3. The van der Waals surface area contributed by atoms with Crippen LogP contribution in [0.1, 0.15) is 25.0 Å². The molecule has 0 heterocycles. The van der Waals surface area contributed by atoms with Gasteiger partial charge in [0.2, 0.25) is 0 Å². The number of hydrogen-bond donors (Lipinski definition) is 4. The molecule has 6 aromatic rings. The summed E-state index contributed by atoms with van der Waals surface area (Å²) in [7, 11) is -9.48. The normalized spacial score (nSPS) is 12.5. The van der Waals surface area contributed by atoms with E-state index in [9.17, 15) is 36.2 Å². The second kappa shape index (κ2) is 13.4. The zero-order chi connectivity index (χ0) is 35.8. The first-order chi connectivity index (χ1) is 23.8. The predicted octanol–water partition coefficient (Wildman–Crippen LogP) is 9.52. The van der Waals surface area contributed by atoms with Gasteiger partial charge in [-0.1, -0.05) is 74.5 Å². The van der Waals surface area contributed by atoms with Crippen LogP contribution in [0.5, 0.6) is 11.5 Å². The topological polar surface area (TPSA) is 199 Å². The standard InChI is InChI=1S/C36H30N4O8S2/c1-3-21-17-23(13-15-29(21)37-39-33-31(49(43,44)45)19-25-9-5-7-11-27(25)35(33)41)24-14-16-30(22(4-2)18-24)38-40-34-32(50(46,47)48)20-26-10-6-8-12-28(26)36(34)42/h5-20,41-42H,3-4H2,1-2H3,(H,43,44,45)(H,46,47,48)/b39-37+,40-38+. The molecule has 0 unspecified atom stereocenters. The number of nitrogens with zero attached hydrogens (tertiary/aromatic N) is 4. The lowest BCUT2D eigenvalue weighted by molar-refractivity contribution is 0.471. The van der Waals surface area contributed by atoms with Crippen LogP contribution in [0.15, 0.2) is 127 Å². The van der Waals surface area contributed by atoms with E-state index in [1.54, 1.807) is 72.8 Å². The molecule has 0 radical (unpaired) electrons. The zero-order valence-electron chi connectivity index (χ0n) is 26.7. The summed E-state index contributed by atoms with van der Waals surface area (Å²) in [5.74, 6) is -0.855. The monoisotopic (exact) mass is 710 g/mol. The number of fused-ring (bicyclic) bond motifs is 2. The number of phenolic OH excluding ortho intramolecular Hbond substituents is 2. The van der Waals surface area contributed by atoms with Crippen LogP contribution in [0, 0.1) is 0 Å². The van der Waals surface area contributed by atoms with Gasteiger partial charge in [-0.3, -0.25) is 9.11 Å². The molecular formula is C36H30N4O8S2. The van der Waals surface area contributed by atoms with Gasteiger partial charge in [0.1, 0.15) is 21.2 Å². The maximum absolute atomic E-state index is 12.2. The van der Waals surface area contributed by atoms with Gasteiger partial charge in [-0.2, -0.15) is 27.1 Å². The minimum Gasteiger partial charge on any atom is -0.505 e.